The van der Waals surface area contributed by atoms with Crippen LogP contribution in [0.5, 0.6) is 11.6 Å². The lowest BCUT2D eigenvalue weighted by molar-refractivity contribution is -0.114. The highest BCUT2D eigenvalue weighted by molar-refractivity contribution is 7.17. The molecule has 0 unspecified atom stereocenters. The van der Waals surface area contributed by atoms with E-state index in [1.54, 1.807) is 36.4 Å². The van der Waals surface area contributed by atoms with E-state index in [2.05, 4.69) is 37.9 Å². The smallest absolute Gasteiger partial charge is 0.242 e. The molecule has 1 aliphatic heterocycles. The minimum Gasteiger partial charge on any atom is -0.437 e. The number of halogens is 1. The van der Waals surface area contributed by atoms with Crippen molar-refractivity contribution in [1.29, 1.82) is 0 Å². The number of amides is 1. The van der Waals surface area contributed by atoms with Crippen molar-refractivity contribution in [2.45, 2.75) is 25.8 Å². The van der Waals surface area contributed by atoms with Crippen LogP contribution in [0.3, 0.4) is 0 Å². The number of likely N-dealkylation sites (tertiary alicyclic amines) is 1. The number of hydrogen-bond donors (Lipinski definition) is 3. The first-order chi connectivity index (χ1) is 17.4. The average Bonchev–Trinajstić information content (AvgIpc) is 3.31. The summed E-state index contributed by atoms with van der Waals surface area (Å²) in [6.45, 7) is 3.46. The molecule has 0 spiro atoms. The molecule has 8 nitrogen and oxygen atoms in total. The zero-order chi connectivity index (χ0) is 25.1. The maximum atomic E-state index is 14.9. The normalized spacial score (nSPS) is 14.5. The van der Waals surface area contributed by atoms with E-state index in [-0.39, 0.29) is 17.8 Å². The van der Waals surface area contributed by atoms with E-state index in [4.69, 9.17) is 4.74 Å². The third-order valence-electron chi connectivity index (χ3n) is 5.94. The maximum absolute atomic E-state index is 14.9. The van der Waals surface area contributed by atoms with Crippen LogP contribution < -0.4 is 20.7 Å². The minimum atomic E-state index is -0.332. The molecule has 4 aromatic rings. The summed E-state index contributed by atoms with van der Waals surface area (Å²) in [6.07, 6.45) is 1.97. The van der Waals surface area contributed by atoms with Crippen molar-refractivity contribution in [2.24, 2.45) is 0 Å². The van der Waals surface area contributed by atoms with Crippen LogP contribution in [0.2, 0.25) is 0 Å². The number of fused-ring (bicyclic) bond motifs is 1. The number of aromatic nitrogens is 2. The third-order valence-corrected chi connectivity index (χ3v) is 6.84. The van der Waals surface area contributed by atoms with E-state index >= 15 is 0 Å². The fraction of sp³-hybridized carbons (Fsp3) is 0.269. The van der Waals surface area contributed by atoms with Crippen LogP contribution in [0.4, 0.5) is 27.4 Å². The van der Waals surface area contributed by atoms with E-state index in [0.717, 1.165) is 30.6 Å². The first-order valence-corrected chi connectivity index (χ1v) is 12.6. The number of nitrogens with zero attached hydrogens (tertiary/aromatic N) is 3. The monoisotopic (exact) mass is 506 g/mol. The molecule has 186 valence electrons. The Kier molecular flexibility index (Phi) is 6.97. The Labute approximate surface area is 212 Å². The van der Waals surface area contributed by atoms with Crippen LogP contribution in [0, 0.1) is 5.82 Å². The standard InChI is InChI=1S/C26H27FN6O2S/c1-16(34)28-18-4-3-5-20(14-18)35-25-24-23(10-13-36-24)31-26(32-25)30-19-6-7-22(21(27)15-19)29-17-8-11-33(2)12-9-17/h3-7,10,13-15,17,29H,8-9,11-12H2,1-2H3,(H,28,34)(H,30,31,32). The van der Waals surface area contributed by atoms with Gasteiger partial charge in [0.05, 0.1) is 11.2 Å². The third kappa shape index (κ3) is 5.72. The van der Waals surface area contributed by atoms with Crippen molar-refractivity contribution in [1.82, 2.24) is 14.9 Å². The lowest BCUT2D eigenvalue weighted by atomic mass is 10.1. The van der Waals surface area contributed by atoms with Crippen molar-refractivity contribution < 1.29 is 13.9 Å². The zero-order valence-corrected chi connectivity index (χ0v) is 20.9. The molecule has 5 rings (SSSR count). The van der Waals surface area contributed by atoms with E-state index in [1.807, 2.05) is 11.4 Å². The van der Waals surface area contributed by atoms with Gasteiger partial charge in [0.1, 0.15) is 16.3 Å². The lowest BCUT2D eigenvalue weighted by Crippen LogP contribution is -2.36. The van der Waals surface area contributed by atoms with Gasteiger partial charge in [-0.1, -0.05) is 6.07 Å². The maximum Gasteiger partial charge on any atom is 0.242 e. The lowest BCUT2D eigenvalue weighted by Gasteiger charge is -2.30. The molecular formula is C26H27FN6O2S. The summed E-state index contributed by atoms with van der Waals surface area (Å²) in [5, 5.41) is 11.1. The second kappa shape index (κ2) is 10.5. The molecule has 2 aromatic heterocycles. The highest BCUT2D eigenvalue weighted by Crippen LogP contribution is 2.34. The second-order valence-electron chi connectivity index (χ2n) is 8.84. The van der Waals surface area contributed by atoms with Gasteiger partial charge in [0.25, 0.3) is 0 Å². The number of ether oxygens (including phenoxy) is 1. The Morgan fingerprint density at radius 2 is 1.94 bits per heavy atom. The molecule has 0 saturated carbocycles. The van der Waals surface area contributed by atoms with Gasteiger partial charge in [0.15, 0.2) is 0 Å². The van der Waals surface area contributed by atoms with Crippen LogP contribution in [-0.4, -0.2) is 47.0 Å². The first kappa shape index (κ1) is 24.0. The van der Waals surface area contributed by atoms with Crippen LogP contribution in [0.1, 0.15) is 19.8 Å². The summed E-state index contributed by atoms with van der Waals surface area (Å²) in [4.78, 5) is 22.8. The Balaban J connectivity index is 1.34. The molecule has 10 heteroatoms. The number of anilines is 4. The Hall–Kier alpha value is -3.76. The molecular weight excluding hydrogens is 479 g/mol. The van der Waals surface area contributed by atoms with Gasteiger partial charge < -0.3 is 25.6 Å². The molecule has 1 fully saturated rings. The number of carbonyl (C=O) groups excluding carboxylic acids is 1. The predicted molar refractivity (Wildman–Crippen MR) is 142 cm³/mol. The van der Waals surface area contributed by atoms with E-state index < -0.39 is 0 Å². The molecule has 1 amide bonds. The summed E-state index contributed by atoms with van der Waals surface area (Å²) in [5.41, 5.74) is 2.37. The topological polar surface area (TPSA) is 91.4 Å². The Morgan fingerprint density at radius 1 is 1.11 bits per heavy atom. The molecule has 1 aliphatic rings. The number of rotatable bonds is 7. The molecule has 36 heavy (non-hydrogen) atoms. The molecule has 3 heterocycles. The fourth-order valence-corrected chi connectivity index (χ4v) is 4.88. The van der Waals surface area contributed by atoms with Gasteiger partial charge in [-0.25, -0.2) is 9.37 Å². The second-order valence-corrected chi connectivity index (χ2v) is 9.76. The number of thiophene rings is 1. The van der Waals surface area contributed by atoms with Crippen LogP contribution in [0.25, 0.3) is 10.2 Å². The predicted octanol–water partition coefficient (Wildman–Crippen LogP) is 5.83. The average molecular weight is 507 g/mol. The molecule has 0 bridgehead atoms. The van der Waals surface area contributed by atoms with E-state index in [1.165, 1.54) is 24.3 Å². The van der Waals surface area contributed by atoms with Gasteiger partial charge in [0.2, 0.25) is 17.7 Å². The Morgan fingerprint density at radius 3 is 2.72 bits per heavy atom. The number of nitrogens with one attached hydrogen (secondary N) is 3. The van der Waals surface area contributed by atoms with Crippen molar-refractivity contribution in [3.8, 4) is 11.6 Å². The largest absolute Gasteiger partial charge is 0.437 e. The Bertz CT molecular complexity index is 1390. The van der Waals surface area contributed by atoms with Gasteiger partial charge >= 0.3 is 0 Å². The first-order valence-electron chi connectivity index (χ1n) is 11.8. The fourth-order valence-electron chi connectivity index (χ4n) is 4.13. The van der Waals surface area contributed by atoms with Crippen molar-refractivity contribution >= 4 is 50.5 Å². The molecule has 1 saturated heterocycles. The highest BCUT2D eigenvalue weighted by Gasteiger charge is 2.18. The van der Waals surface area contributed by atoms with Crippen molar-refractivity contribution in [3.05, 3.63) is 59.7 Å². The summed E-state index contributed by atoms with van der Waals surface area (Å²) in [5.74, 6) is 0.696. The molecule has 2 aromatic carbocycles. The molecule has 0 aliphatic carbocycles. The highest BCUT2D eigenvalue weighted by atomic mass is 32.1. The van der Waals surface area contributed by atoms with E-state index in [9.17, 15) is 9.18 Å². The zero-order valence-electron chi connectivity index (χ0n) is 20.0. The quantitative estimate of drug-likeness (QED) is 0.290. The minimum absolute atomic E-state index is 0.166. The molecule has 0 atom stereocenters. The van der Waals surface area contributed by atoms with E-state index in [0.29, 0.717) is 40.2 Å². The summed E-state index contributed by atoms with van der Waals surface area (Å²) in [6, 6.07) is 14.2. The van der Waals surface area contributed by atoms with Gasteiger partial charge in [-0.2, -0.15) is 4.98 Å². The van der Waals surface area contributed by atoms with Crippen molar-refractivity contribution in [3.63, 3.8) is 0 Å². The van der Waals surface area contributed by atoms with Crippen LogP contribution in [-0.2, 0) is 4.79 Å². The summed E-state index contributed by atoms with van der Waals surface area (Å²) in [7, 11) is 2.10. The summed E-state index contributed by atoms with van der Waals surface area (Å²) < 4.78 is 21.7. The summed E-state index contributed by atoms with van der Waals surface area (Å²) >= 11 is 1.47. The number of benzene rings is 2. The van der Waals surface area contributed by atoms with Gasteiger partial charge in [-0.05, 0) is 74.8 Å². The van der Waals surface area contributed by atoms with Crippen LogP contribution >= 0.6 is 11.3 Å². The SMILES string of the molecule is CC(=O)Nc1cccc(Oc2nc(Nc3ccc(NC4CCN(C)CC4)c(F)c3)nc3ccsc23)c1. The van der Waals surface area contributed by atoms with Gasteiger partial charge in [-0.3, -0.25) is 4.79 Å². The number of piperidine rings is 1. The van der Waals surface area contributed by atoms with Crippen LogP contribution in [0.15, 0.2) is 53.9 Å². The molecule has 3 N–H and O–H groups in total. The number of carbonyl (C=O) groups is 1. The molecule has 0 radical (unpaired) electrons. The number of hydrogen-bond acceptors (Lipinski definition) is 8. The van der Waals surface area contributed by atoms with Crippen molar-refractivity contribution in [2.75, 3.05) is 36.1 Å². The van der Waals surface area contributed by atoms with Gasteiger partial charge in [-0.15, -0.1) is 11.3 Å². The van der Waals surface area contributed by atoms with Gasteiger partial charge in [0, 0.05) is 30.4 Å².